The molecular formula is C24H22Cl2N4O6. The Morgan fingerprint density at radius 3 is 2.53 bits per heavy atom. The summed E-state index contributed by atoms with van der Waals surface area (Å²) in [6, 6.07) is 10.9. The molecule has 0 radical (unpaired) electrons. The van der Waals surface area contributed by atoms with E-state index in [2.05, 4.69) is 15.8 Å². The summed E-state index contributed by atoms with van der Waals surface area (Å²) in [5, 5.41) is 18.1. The van der Waals surface area contributed by atoms with Crippen molar-refractivity contribution in [2.75, 3.05) is 7.11 Å². The van der Waals surface area contributed by atoms with Gasteiger partial charge in [-0.05, 0) is 42.3 Å². The van der Waals surface area contributed by atoms with E-state index in [1.165, 1.54) is 49.7 Å². The number of rotatable bonds is 9. The Labute approximate surface area is 216 Å². The van der Waals surface area contributed by atoms with Gasteiger partial charge in [-0.25, -0.2) is 5.43 Å². The maximum absolute atomic E-state index is 12.7. The van der Waals surface area contributed by atoms with Gasteiger partial charge < -0.3 is 14.5 Å². The van der Waals surface area contributed by atoms with Crippen molar-refractivity contribution in [3.8, 4) is 17.1 Å². The molecule has 2 aromatic carbocycles. The number of nitrogens with zero attached hydrogens (tertiary/aromatic N) is 2. The lowest BCUT2D eigenvalue weighted by atomic mass is 10.0. The zero-order valence-electron chi connectivity index (χ0n) is 19.5. The highest BCUT2D eigenvalue weighted by atomic mass is 35.5. The summed E-state index contributed by atoms with van der Waals surface area (Å²) < 4.78 is 10.9. The molecule has 2 amide bonds. The summed E-state index contributed by atoms with van der Waals surface area (Å²) in [6.07, 6.45) is 1.29. The molecule has 1 atom stereocenters. The van der Waals surface area contributed by atoms with Crippen LogP contribution >= 0.6 is 23.2 Å². The summed E-state index contributed by atoms with van der Waals surface area (Å²) in [6.45, 7) is 3.54. The molecule has 0 fully saturated rings. The molecule has 12 heteroatoms. The number of benzene rings is 2. The Bertz CT molecular complexity index is 1320. The molecule has 36 heavy (non-hydrogen) atoms. The van der Waals surface area contributed by atoms with Crippen molar-refractivity contribution in [3.05, 3.63) is 80.0 Å². The fraction of sp³-hybridized carbons (Fsp3) is 0.208. The van der Waals surface area contributed by atoms with Crippen LogP contribution in [0.2, 0.25) is 10.0 Å². The van der Waals surface area contributed by atoms with Crippen LogP contribution in [0, 0.1) is 16.0 Å². The van der Waals surface area contributed by atoms with Crippen molar-refractivity contribution in [1.82, 2.24) is 10.7 Å². The zero-order chi connectivity index (χ0) is 26.4. The fourth-order valence-electron chi connectivity index (χ4n) is 3.22. The number of halogens is 2. The highest BCUT2D eigenvalue weighted by molar-refractivity contribution is 6.36. The Morgan fingerprint density at radius 1 is 1.14 bits per heavy atom. The van der Waals surface area contributed by atoms with Crippen molar-refractivity contribution in [3.63, 3.8) is 0 Å². The van der Waals surface area contributed by atoms with E-state index in [1.54, 1.807) is 26.0 Å². The van der Waals surface area contributed by atoms with Crippen LogP contribution in [0.1, 0.15) is 30.0 Å². The lowest BCUT2D eigenvalue weighted by Gasteiger charge is -2.20. The molecule has 1 heterocycles. The number of hydrogen-bond donors (Lipinski definition) is 2. The molecule has 0 bridgehead atoms. The number of methoxy groups -OCH3 is 1. The second-order valence-corrected chi connectivity index (χ2v) is 8.74. The van der Waals surface area contributed by atoms with Crippen LogP contribution in [0.4, 0.5) is 5.69 Å². The number of hydrazone groups is 1. The van der Waals surface area contributed by atoms with Crippen LogP contribution in [0.15, 0.2) is 58.0 Å². The van der Waals surface area contributed by atoms with E-state index in [9.17, 15) is 19.7 Å². The van der Waals surface area contributed by atoms with Crippen molar-refractivity contribution in [2.45, 2.75) is 19.9 Å². The Morgan fingerprint density at radius 2 is 1.89 bits per heavy atom. The van der Waals surface area contributed by atoms with E-state index in [0.29, 0.717) is 22.1 Å². The number of ether oxygens (including phenoxy) is 1. The average molecular weight is 533 g/mol. The van der Waals surface area contributed by atoms with Gasteiger partial charge in [0, 0.05) is 11.1 Å². The molecular weight excluding hydrogens is 511 g/mol. The van der Waals surface area contributed by atoms with Crippen LogP contribution < -0.4 is 15.5 Å². The number of carbonyl (C=O) groups is 2. The van der Waals surface area contributed by atoms with Gasteiger partial charge in [-0.15, -0.1) is 0 Å². The number of carbonyl (C=O) groups excluding carboxylic acids is 2. The van der Waals surface area contributed by atoms with Gasteiger partial charge in [-0.3, -0.25) is 19.7 Å². The number of nitro benzene ring substituents is 1. The van der Waals surface area contributed by atoms with Gasteiger partial charge in [-0.2, -0.15) is 5.10 Å². The molecule has 0 saturated carbocycles. The van der Waals surface area contributed by atoms with Gasteiger partial charge >= 0.3 is 0 Å². The number of hydrogen-bond acceptors (Lipinski definition) is 7. The SMILES string of the molecule is COc1cc([N+](=O)[O-])ccc1-c1ccc(C=NNC(=O)C(NC(=O)c2ccc(Cl)cc2Cl)C(C)C)o1. The van der Waals surface area contributed by atoms with E-state index < -0.39 is 22.8 Å². The first kappa shape index (κ1) is 26.7. The summed E-state index contributed by atoms with van der Waals surface area (Å²) >= 11 is 12.0. The second-order valence-electron chi connectivity index (χ2n) is 7.90. The number of amides is 2. The largest absolute Gasteiger partial charge is 0.496 e. The molecule has 0 saturated heterocycles. The lowest BCUT2D eigenvalue weighted by molar-refractivity contribution is -0.384. The van der Waals surface area contributed by atoms with Gasteiger partial charge in [0.1, 0.15) is 23.3 Å². The van der Waals surface area contributed by atoms with Gasteiger partial charge in [0.25, 0.3) is 17.5 Å². The van der Waals surface area contributed by atoms with Crippen LogP contribution in [0.3, 0.4) is 0 Å². The van der Waals surface area contributed by atoms with Crippen molar-refractivity contribution < 1.29 is 23.7 Å². The molecule has 2 N–H and O–H groups in total. The van der Waals surface area contributed by atoms with Gasteiger partial charge in [-0.1, -0.05) is 37.0 Å². The minimum Gasteiger partial charge on any atom is -0.496 e. The van der Waals surface area contributed by atoms with Crippen LogP contribution in [-0.2, 0) is 4.79 Å². The van der Waals surface area contributed by atoms with Crippen LogP contribution in [0.25, 0.3) is 11.3 Å². The smallest absolute Gasteiger partial charge is 0.273 e. The van der Waals surface area contributed by atoms with E-state index >= 15 is 0 Å². The number of nitrogens with one attached hydrogen (secondary N) is 2. The summed E-state index contributed by atoms with van der Waals surface area (Å²) in [4.78, 5) is 35.8. The third-order valence-corrected chi connectivity index (χ3v) is 5.61. The monoisotopic (exact) mass is 532 g/mol. The molecule has 0 aliphatic carbocycles. The molecule has 1 aromatic heterocycles. The molecule has 3 rings (SSSR count). The summed E-state index contributed by atoms with van der Waals surface area (Å²) in [7, 11) is 1.40. The minimum absolute atomic E-state index is 0.114. The average Bonchev–Trinajstić information content (AvgIpc) is 3.30. The third kappa shape index (κ3) is 6.41. The summed E-state index contributed by atoms with van der Waals surface area (Å²) in [5.41, 5.74) is 2.97. The van der Waals surface area contributed by atoms with Crippen molar-refractivity contribution in [2.24, 2.45) is 11.0 Å². The Hall–Kier alpha value is -3.89. The zero-order valence-corrected chi connectivity index (χ0v) is 21.0. The molecule has 3 aromatic rings. The summed E-state index contributed by atoms with van der Waals surface area (Å²) in [5.74, 6) is -0.345. The second kappa shape index (κ2) is 11.7. The first-order valence-electron chi connectivity index (χ1n) is 10.6. The molecule has 10 nitrogen and oxygen atoms in total. The van der Waals surface area contributed by atoms with Crippen LogP contribution in [-0.4, -0.2) is 36.1 Å². The molecule has 188 valence electrons. The third-order valence-electron chi connectivity index (χ3n) is 5.07. The number of furan rings is 1. The van der Waals surface area contributed by atoms with E-state index in [0.717, 1.165) is 0 Å². The molecule has 1 unspecified atom stereocenters. The van der Waals surface area contributed by atoms with Gasteiger partial charge in [0.15, 0.2) is 0 Å². The lowest BCUT2D eigenvalue weighted by Crippen LogP contribution is -2.48. The van der Waals surface area contributed by atoms with Crippen molar-refractivity contribution in [1.29, 1.82) is 0 Å². The first-order valence-corrected chi connectivity index (χ1v) is 11.4. The Balaban J connectivity index is 1.68. The predicted molar refractivity (Wildman–Crippen MR) is 136 cm³/mol. The van der Waals surface area contributed by atoms with E-state index in [1.807, 2.05) is 0 Å². The molecule has 0 aliphatic rings. The topological polar surface area (TPSA) is 136 Å². The highest BCUT2D eigenvalue weighted by Gasteiger charge is 2.25. The maximum Gasteiger partial charge on any atom is 0.273 e. The molecule has 0 spiro atoms. The van der Waals surface area contributed by atoms with E-state index in [4.69, 9.17) is 32.4 Å². The van der Waals surface area contributed by atoms with Crippen molar-refractivity contribution >= 4 is 46.9 Å². The number of non-ortho nitro benzene ring substituents is 1. The maximum atomic E-state index is 12.7. The quantitative estimate of drug-likeness (QED) is 0.224. The van der Waals surface area contributed by atoms with Gasteiger partial charge in [0.05, 0.1) is 40.5 Å². The highest BCUT2D eigenvalue weighted by Crippen LogP contribution is 2.34. The van der Waals surface area contributed by atoms with Gasteiger partial charge in [0.2, 0.25) is 0 Å². The standard InChI is InChI=1S/C24H22Cl2N4O6/c1-13(2)22(28-23(31)17-7-4-14(25)10-19(17)26)24(32)29-27-12-16-6-9-20(36-16)18-8-5-15(30(33)34)11-21(18)35-3/h4-13,22H,1-3H3,(H,28,31)(H,29,32). The Kier molecular flexibility index (Phi) is 8.68. The predicted octanol–water partition coefficient (Wildman–Crippen LogP) is 5.07. The molecule has 0 aliphatic heterocycles. The number of nitro groups is 1. The fourth-order valence-corrected chi connectivity index (χ4v) is 3.71. The normalized spacial score (nSPS) is 11.9. The van der Waals surface area contributed by atoms with Crippen LogP contribution in [0.5, 0.6) is 5.75 Å². The van der Waals surface area contributed by atoms with E-state index in [-0.39, 0.29) is 27.9 Å². The minimum atomic E-state index is -0.891. The first-order chi connectivity index (χ1) is 17.1.